The van der Waals surface area contributed by atoms with E-state index >= 15 is 0 Å². The normalized spacial score (nSPS) is 18.9. The second-order valence-electron chi connectivity index (χ2n) is 7.37. The van der Waals surface area contributed by atoms with Gasteiger partial charge < -0.3 is 14.4 Å². The Bertz CT molecular complexity index is 940. The molecule has 2 aromatic rings. The van der Waals surface area contributed by atoms with E-state index in [4.69, 9.17) is 21.1 Å². The lowest BCUT2D eigenvalue weighted by Crippen LogP contribution is -2.58. The Hall–Kier alpha value is -2.53. The Balaban J connectivity index is 2.00. The van der Waals surface area contributed by atoms with E-state index in [1.165, 1.54) is 0 Å². The highest BCUT2D eigenvalue weighted by Gasteiger charge is 2.61. The fourth-order valence-corrected chi connectivity index (χ4v) is 4.93. The number of hydrogen-bond acceptors (Lipinski definition) is 5. The predicted octanol–water partition coefficient (Wildman–Crippen LogP) is 4.11. The summed E-state index contributed by atoms with van der Waals surface area (Å²) in [6.45, 7) is 4.53. The van der Waals surface area contributed by atoms with Gasteiger partial charge in [-0.05, 0) is 49.1 Å². The maximum atomic E-state index is 13.4. The van der Waals surface area contributed by atoms with Gasteiger partial charge in [0.1, 0.15) is 0 Å². The maximum absolute atomic E-state index is 13.4. The predicted molar refractivity (Wildman–Crippen MR) is 111 cm³/mol. The SMILES string of the molecule is CCOC(=O)C1(C(=O)OCC)Cc2c(Cl)cccc2N2CCc3ccccc3[C@H]21. The lowest BCUT2D eigenvalue weighted by atomic mass is 9.66. The quantitative estimate of drug-likeness (QED) is 0.557. The van der Waals surface area contributed by atoms with Crippen LogP contribution in [-0.2, 0) is 31.9 Å². The molecule has 2 aliphatic rings. The topological polar surface area (TPSA) is 55.8 Å². The van der Waals surface area contributed by atoms with Gasteiger partial charge in [-0.25, -0.2) is 0 Å². The van der Waals surface area contributed by atoms with E-state index in [1.807, 2.05) is 30.3 Å². The van der Waals surface area contributed by atoms with Crippen molar-refractivity contribution in [1.82, 2.24) is 0 Å². The number of halogens is 1. The van der Waals surface area contributed by atoms with Gasteiger partial charge in [-0.1, -0.05) is 41.9 Å². The molecule has 0 N–H and O–H groups in total. The number of ether oxygens (including phenoxy) is 2. The number of fused-ring (bicyclic) bond motifs is 5. The van der Waals surface area contributed by atoms with E-state index in [1.54, 1.807) is 19.9 Å². The van der Waals surface area contributed by atoms with Gasteiger partial charge in [0.2, 0.25) is 0 Å². The van der Waals surface area contributed by atoms with Gasteiger partial charge in [-0.2, -0.15) is 0 Å². The molecule has 0 unspecified atom stereocenters. The van der Waals surface area contributed by atoms with Gasteiger partial charge in [0.05, 0.1) is 19.3 Å². The van der Waals surface area contributed by atoms with Gasteiger partial charge in [0.15, 0.2) is 5.41 Å². The van der Waals surface area contributed by atoms with Gasteiger partial charge >= 0.3 is 11.9 Å². The number of benzene rings is 2. The third kappa shape index (κ3) is 2.99. The average molecular weight is 414 g/mol. The molecule has 1 atom stereocenters. The lowest BCUT2D eigenvalue weighted by Gasteiger charge is -2.51. The zero-order chi connectivity index (χ0) is 20.6. The molecule has 4 rings (SSSR count). The average Bonchev–Trinajstić information content (AvgIpc) is 2.73. The van der Waals surface area contributed by atoms with Crippen molar-refractivity contribution < 1.29 is 19.1 Å². The maximum Gasteiger partial charge on any atom is 0.326 e. The van der Waals surface area contributed by atoms with Crippen molar-refractivity contribution >= 4 is 29.2 Å². The van der Waals surface area contributed by atoms with E-state index < -0.39 is 23.4 Å². The number of hydrogen-bond donors (Lipinski definition) is 0. The molecular weight excluding hydrogens is 390 g/mol. The molecule has 152 valence electrons. The smallest absolute Gasteiger partial charge is 0.326 e. The molecule has 29 heavy (non-hydrogen) atoms. The van der Waals surface area contributed by atoms with Crippen LogP contribution in [0.25, 0.3) is 0 Å². The summed E-state index contributed by atoms with van der Waals surface area (Å²) in [5, 5.41) is 0.540. The molecule has 0 bridgehead atoms. The van der Waals surface area contributed by atoms with Crippen molar-refractivity contribution in [2.45, 2.75) is 32.7 Å². The fourth-order valence-electron chi connectivity index (χ4n) is 4.70. The number of esters is 2. The largest absolute Gasteiger partial charge is 0.465 e. The zero-order valence-corrected chi connectivity index (χ0v) is 17.4. The van der Waals surface area contributed by atoms with Crippen molar-refractivity contribution in [3.8, 4) is 0 Å². The first-order chi connectivity index (χ1) is 14.0. The second kappa shape index (κ2) is 7.71. The monoisotopic (exact) mass is 413 g/mol. The van der Waals surface area contributed by atoms with Gasteiger partial charge in [-0.3, -0.25) is 9.59 Å². The van der Waals surface area contributed by atoms with E-state index in [2.05, 4.69) is 11.0 Å². The van der Waals surface area contributed by atoms with Crippen LogP contribution in [0, 0.1) is 5.41 Å². The van der Waals surface area contributed by atoms with Crippen molar-refractivity contribution in [3.05, 3.63) is 64.2 Å². The Morgan fingerprint density at radius 1 is 1.07 bits per heavy atom. The first-order valence-corrected chi connectivity index (χ1v) is 10.4. The minimum absolute atomic E-state index is 0.148. The Labute approximate surface area is 175 Å². The molecule has 0 saturated carbocycles. The summed E-state index contributed by atoms with van der Waals surface area (Å²) in [7, 11) is 0. The number of anilines is 1. The van der Waals surface area contributed by atoms with E-state index in [9.17, 15) is 9.59 Å². The number of carbonyl (C=O) groups is 2. The van der Waals surface area contributed by atoms with E-state index in [0.717, 1.165) is 28.8 Å². The zero-order valence-electron chi connectivity index (χ0n) is 16.6. The Kier molecular flexibility index (Phi) is 5.26. The van der Waals surface area contributed by atoms with Crippen molar-refractivity contribution in [1.29, 1.82) is 0 Å². The molecule has 2 heterocycles. The van der Waals surface area contributed by atoms with Crippen LogP contribution < -0.4 is 4.90 Å². The van der Waals surface area contributed by atoms with Crippen LogP contribution in [0.1, 0.15) is 36.6 Å². The number of nitrogens with zero attached hydrogens (tertiary/aromatic N) is 1. The Morgan fingerprint density at radius 2 is 1.76 bits per heavy atom. The molecule has 2 aromatic carbocycles. The van der Waals surface area contributed by atoms with Crippen LogP contribution in [0.15, 0.2) is 42.5 Å². The minimum atomic E-state index is -1.51. The van der Waals surface area contributed by atoms with Crippen molar-refractivity contribution in [3.63, 3.8) is 0 Å². The first-order valence-electron chi connectivity index (χ1n) is 10.0. The molecule has 0 fully saturated rings. The molecule has 0 saturated heterocycles. The first kappa shape index (κ1) is 19.8. The summed E-state index contributed by atoms with van der Waals surface area (Å²) in [6.07, 6.45) is 0.968. The summed E-state index contributed by atoms with van der Waals surface area (Å²) in [4.78, 5) is 29.0. The van der Waals surface area contributed by atoms with Crippen LogP contribution >= 0.6 is 11.6 Å². The summed E-state index contributed by atoms with van der Waals surface area (Å²) >= 11 is 6.53. The molecule has 2 aliphatic heterocycles. The molecule has 6 heteroatoms. The van der Waals surface area contributed by atoms with Crippen LogP contribution in [0.3, 0.4) is 0 Å². The summed E-state index contributed by atoms with van der Waals surface area (Å²) in [5.41, 5.74) is 2.33. The minimum Gasteiger partial charge on any atom is -0.465 e. The highest BCUT2D eigenvalue weighted by molar-refractivity contribution is 6.32. The van der Waals surface area contributed by atoms with Gasteiger partial charge in [0.25, 0.3) is 0 Å². The molecule has 0 spiro atoms. The van der Waals surface area contributed by atoms with Crippen LogP contribution in [-0.4, -0.2) is 31.7 Å². The molecule has 0 amide bonds. The highest BCUT2D eigenvalue weighted by atomic mass is 35.5. The third-order valence-corrected chi connectivity index (χ3v) is 6.24. The second-order valence-corrected chi connectivity index (χ2v) is 7.78. The molecular formula is C23H24ClNO4. The van der Waals surface area contributed by atoms with Crippen LogP contribution in [0.5, 0.6) is 0 Å². The van der Waals surface area contributed by atoms with Crippen LogP contribution in [0.2, 0.25) is 5.02 Å². The standard InChI is InChI=1S/C23H24ClNO4/c1-3-28-21(26)23(22(27)29-4-2)14-17-18(24)10-7-11-19(17)25-13-12-15-8-5-6-9-16(15)20(23)25/h5-11,20H,3-4,12-14H2,1-2H3/t20-/m0/s1. The van der Waals surface area contributed by atoms with Crippen LogP contribution in [0.4, 0.5) is 5.69 Å². The third-order valence-electron chi connectivity index (χ3n) is 5.89. The summed E-state index contributed by atoms with van der Waals surface area (Å²) in [5.74, 6) is -1.12. The number of rotatable bonds is 4. The number of carbonyl (C=O) groups excluding carboxylic acids is 2. The van der Waals surface area contributed by atoms with Crippen molar-refractivity contribution in [2.24, 2.45) is 5.41 Å². The summed E-state index contributed by atoms with van der Waals surface area (Å²) in [6, 6.07) is 13.2. The highest BCUT2D eigenvalue weighted by Crippen LogP contribution is 2.54. The summed E-state index contributed by atoms with van der Waals surface area (Å²) < 4.78 is 10.9. The molecule has 5 nitrogen and oxygen atoms in total. The molecule has 0 aliphatic carbocycles. The molecule has 0 radical (unpaired) electrons. The van der Waals surface area contributed by atoms with E-state index in [-0.39, 0.29) is 19.6 Å². The van der Waals surface area contributed by atoms with Gasteiger partial charge in [0, 0.05) is 23.7 Å². The van der Waals surface area contributed by atoms with E-state index in [0.29, 0.717) is 11.6 Å². The Morgan fingerprint density at radius 3 is 2.45 bits per heavy atom. The van der Waals surface area contributed by atoms with Gasteiger partial charge in [-0.15, -0.1) is 0 Å². The lowest BCUT2D eigenvalue weighted by molar-refractivity contribution is -0.174. The fraction of sp³-hybridized carbons (Fsp3) is 0.391. The molecule has 0 aromatic heterocycles. The van der Waals surface area contributed by atoms with Crippen molar-refractivity contribution in [2.75, 3.05) is 24.7 Å².